The molecule has 1 aliphatic heterocycles. The fourth-order valence-corrected chi connectivity index (χ4v) is 2.39. The molecule has 0 bridgehead atoms. The van der Waals surface area contributed by atoms with Gasteiger partial charge in [0, 0.05) is 46.3 Å². The van der Waals surface area contributed by atoms with Crippen LogP contribution in [0.25, 0.3) is 0 Å². The van der Waals surface area contributed by atoms with Crippen LogP contribution in [0.1, 0.15) is 31.5 Å². The molecule has 114 valence electrons. The molecule has 0 saturated carbocycles. The molecule has 0 aromatic carbocycles. The van der Waals surface area contributed by atoms with Crippen molar-refractivity contribution in [3.8, 4) is 0 Å². The average molecular weight is 285 g/mol. The number of nitrogens with zero attached hydrogens (tertiary/aromatic N) is 2. The van der Waals surface area contributed by atoms with Crippen LogP contribution in [0.5, 0.6) is 0 Å². The van der Waals surface area contributed by atoms with Crippen LogP contribution >= 0.6 is 0 Å². The van der Waals surface area contributed by atoms with Crippen molar-refractivity contribution in [3.63, 3.8) is 0 Å². The Morgan fingerprint density at radius 3 is 2.75 bits per heavy atom. The molecule has 0 amide bonds. The summed E-state index contributed by atoms with van der Waals surface area (Å²) in [6.07, 6.45) is 1.88. The van der Waals surface area contributed by atoms with Gasteiger partial charge in [0.1, 0.15) is 5.60 Å². The lowest BCUT2D eigenvalue weighted by molar-refractivity contribution is -0.118. The Morgan fingerprint density at radius 1 is 1.40 bits per heavy atom. The lowest BCUT2D eigenvalue weighted by atomic mass is 9.93. The first-order chi connectivity index (χ1) is 9.74. The highest BCUT2D eigenvalue weighted by atomic mass is 16.5. The fraction of sp³-hybridized carbons (Fsp3) is 0.846. The normalized spacial score (nSPS) is 19.9. The first kappa shape index (κ1) is 15.4. The summed E-state index contributed by atoms with van der Waals surface area (Å²) in [5, 5.41) is 4.09. The van der Waals surface area contributed by atoms with Crippen molar-refractivity contribution in [1.29, 1.82) is 0 Å². The molecule has 1 aromatic heterocycles. The molecule has 7 heteroatoms. The molecule has 2 rings (SSSR count). The molecule has 1 unspecified atom stereocenters. The van der Waals surface area contributed by atoms with E-state index in [1.54, 1.807) is 7.11 Å². The smallest absolute Gasteiger partial charge is 0.229 e. The van der Waals surface area contributed by atoms with Crippen molar-refractivity contribution in [1.82, 2.24) is 10.1 Å². The number of rotatable bonds is 7. The van der Waals surface area contributed by atoms with Gasteiger partial charge in [-0.25, -0.2) is 0 Å². The number of hydrogen-bond acceptors (Lipinski definition) is 7. The monoisotopic (exact) mass is 285 g/mol. The Labute approximate surface area is 118 Å². The van der Waals surface area contributed by atoms with Crippen molar-refractivity contribution in [2.45, 2.75) is 37.9 Å². The Hall–Kier alpha value is -1.02. The molecular weight excluding hydrogens is 262 g/mol. The van der Waals surface area contributed by atoms with Crippen LogP contribution in [0.3, 0.4) is 0 Å². The van der Waals surface area contributed by atoms with Crippen LogP contribution < -0.4 is 5.73 Å². The van der Waals surface area contributed by atoms with Crippen LogP contribution in [-0.2, 0) is 26.2 Å². The zero-order valence-electron chi connectivity index (χ0n) is 12.1. The molecule has 1 aromatic rings. The zero-order valence-corrected chi connectivity index (χ0v) is 12.1. The highest BCUT2D eigenvalue weighted by molar-refractivity contribution is 5.03. The molecule has 7 nitrogen and oxygen atoms in total. The molecule has 1 fully saturated rings. The zero-order chi connectivity index (χ0) is 14.4. The lowest BCUT2D eigenvalue weighted by Gasteiger charge is -2.33. The van der Waals surface area contributed by atoms with Crippen LogP contribution in [-0.4, -0.2) is 49.7 Å². The molecule has 2 heterocycles. The topological polar surface area (TPSA) is 92.6 Å². The molecule has 1 atom stereocenters. The standard InChI is InChI=1S/C13H23N3O4/c1-3-19-13(4-6-18-7-5-13)12-15-11(20-16-12)8-10(9-14)17-2/h10H,3-9,14H2,1-2H3. The molecular formula is C13H23N3O4. The summed E-state index contributed by atoms with van der Waals surface area (Å²) in [7, 11) is 1.62. The van der Waals surface area contributed by atoms with E-state index in [4.69, 9.17) is 24.5 Å². The highest BCUT2D eigenvalue weighted by Crippen LogP contribution is 2.34. The quantitative estimate of drug-likeness (QED) is 0.785. The molecule has 2 N–H and O–H groups in total. The second-order valence-corrected chi connectivity index (χ2v) is 4.85. The number of hydrogen-bond donors (Lipinski definition) is 1. The SMILES string of the molecule is CCOC1(c2noc(CC(CN)OC)n2)CCOCC1. The summed E-state index contributed by atoms with van der Waals surface area (Å²) in [6.45, 7) is 4.28. The van der Waals surface area contributed by atoms with Gasteiger partial charge in [-0.05, 0) is 6.92 Å². The van der Waals surface area contributed by atoms with E-state index < -0.39 is 5.60 Å². The van der Waals surface area contributed by atoms with Crippen LogP contribution in [0.4, 0.5) is 0 Å². The third-order valence-electron chi connectivity index (χ3n) is 3.60. The molecule has 1 aliphatic rings. The number of ether oxygens (including phenoxy) is 3. The van der Waals surface area contributed by atoms with E-state index in [0.717, 1.165) is 12.8 Å². The van der Waals surface area contributed by atoms with Crippen LogP contribution in [0.15, 0.2) is 4.52 Å². The summed E-state index contributed by atoms with van der Waals surface area (Å²) >= 11 is 0. The minimum Gasteiger partial charge on any atom is -0.381 e. The molecule has 0 spiro atoms. The summed E-state index contributed by atoms with van der Waals surface area (Å²) in [5.41, 5.74) is 5.11. The van der Waals surface area contributed by atoms with Gasteiger partial charge in [0.15, 0.2) is 0 Å². The van der Waals surface area contributed by atoms with Crippen LogP contribution in [0, 0.1) is 0 Å². The Balaban J connectivity index is 2.12. The van der Waals surface area contributed by atoms with Gasteiger partial charge in [-0.2, -0.15) is 4.98 Å². The van der Waals surface area contributed by atoms with E-state index in [-0.39, 0.29) is 6.10 Å². The van der Waals surface area contributed by atoms with E-state index in [9.17, 15) is 0 Å². The molecule has 0 radical (unpaired) electrons. The highest BCUT2D eigenvalue weighted by Gasteiger charge is 2.39. The van der Waals surface area contributed by atoms with Gasteiger partial charge in [-0.1, -0.05) is 5.16 Å². The van der Waals surface area contributed by atoms with Gasteiger partial charge >= 0.3 is 0 Å². The van der Waals surface area contributed by atoms with Gasteiger partial charge in [0.05, 0.1) is 12.5 Å². The fourth-order valence-electron chi connectivity index (χ4n) is 2.39. The summed E-state index contributed by atoms with van der Waals surface area (Å²) in [5.74, 6) is 1.13. The van der Waals surface area contributed by atoms with E-state index in [1.807, 2.05) is 6.92 Å². The van der Waals surface area contributed by atoms with E-state index >= 15 is 0 Å². The summed E-state index contributed by atoms with van der Waals surface area (Å²) < 4.78 is 21.8. The van der Waals surface area contributed by atoms with Crippen molar-refractivity contribution in [2.24, 2.45) is 5.73 Å². The second kappa shape index (κ2) is 7.12. The number of aromatic nitrogens is 2. The minimum atomic E-state index is -0.486. The van der Waals surface area contributed by atoms with Gasteiger partial charge in [-0.15, -0.1) is 0 Å². The van der Waals surface area contributed by atoms with Gasteiger partial charge in [0.2, 0.25) is 11.7 Å². The maximum absolute atomic E-state index is 5.91. The van der Waals surface area contributed by atoms with Crippen molar-refractivity contribution >= 4 is 0 Å². The third-order valence-corrected chi connectivity index (χ3v) is 3.60. The first-order valence-corrected chi connectivity index (χ1v) is 7.01. The largest absolute Gasteiger partial charge is 0.381 e. The first-order valence-electron chi connectivity index (χ1n) is 7.01. The van der Waals surface area contributed by atoms with Gasteiger partial charge in [-0.3, -0.25) is 0 Å². The predicted octanol–water partition coefficient (Wildman–Crippen LogP) is 0.628. The number of methoxy groups -OCH3 is 1. The Bertz CT molecular complexity index is 395. The van der Waals surface area contributed by atoms with Gasteiger partial charge < -0.3 is 24.5 Å². The maximum Gasteiger partial charge on any atom is 0.229 e. The van der Waals surface area contributed by atoms with Crippen LogP contribution in [0.2, 0.25) is 0 Å². The molecule has 1 saturated heterocycles. The van der Waals surface area contributed by atoms with E-state index in [0.29, 0.717) is 44.5 Å². The van der Waals surface area contributed by atoms with E-state index in [2.05, 4.69) is 10.1 Å². The number of nitrogens with two attached hydrogens (primary N) is 1. The Morgan fingerprint density at radius 2 is 2.15 bits per heavy atom. The molecule has 0 aliphatic carbocycles. The van der Waals surface area contributed by atoms with Gasteiger partial charge in [0.25, 0.3) is 0 Å². The van der Waals surface area contributed by atoms with Crippen molar-refractivity contribution < 1.29 is 18.7 Å². The summed E-state index contributed by atoms with van der Waals surface area (Å²) in [4.78, 5) is 4.47. The predicted molar refractivity (Wildman–Crippen MR) is 71.2 cm³/mol. The molecule has 20 heavy (non-hydrogen) atoms. The van der Waals surface area contributed by atoms with Crippen molar-refractivity contribution in [2.75, 3.05) is 33.5 Å². The lowest BCUT2D eigenvalue weighted by Crippen LogP contribution is -2.37. The third kappa shape index (κ3) is 3.35. The second-order valence-electron chi connectivity index (χ2n) is 4.85. The average Bonchev–Trinajstić information content (AvgIpc) is 2.95. The van der Waals surface area contributed by atoms with Crippen molar-refractivity contribution in [3.05, 3.63) is 11.7 Å². The maximum atomic E-state index is 5.91. The minimum absolute atomic E-state index is 0.110. The van der Waals surface area contributed by atoms with E-state index in [1.165, 1.54) is 0 Å². The summed E-state index contributed by atoms with van der Waals surface area (Å²) in [6, 6.07) is 0. The Kier molecular flexibility index (Phi) is 5.47.